The van der Waals surface area contributed by atoms with Gasteiger partial charge in [-0.2, -0.15) is 0 Å². The van der Waals surface area contributed by atoms with Gasteiger partial charge in [0.25, 0.3) is 5.56 Å². The molecule has 1 aliphatic carbocycles. The Balaban J connectivity index is 1.59. The van der Waals surface area contributed by atoms with E-state index in [1.54, 1.807) is 23.5 Å². The van der Waals surface area contributed by atoms with Gasteiger partial charge in [0.15, 0.2) is 0 Å². The summed E-state index contributed by atoms with van der Waals surface area (Å²) in [5, 5.41) is 4.09. The first kappa shape index (κ1) is 22.6. The molecule has 0 saturated carbocycles. The average molecular weight is 494 g/mol. The molecular formula is C26H24ClN3O3S. The molecule has 0 bridgehead atoms. The summed E-state index contributed by atoms with van der Waals surface area (Å²) in [6.07, 6.45) is 4.05. The van der Waals surface area contributed by atoms with E-state index in [4.69, 9.17) is 21.3 Å². The fourth-order valence-electron chi connectivity index (χ4n) is 4.46. The molecule has 1 amide bonds. The van der Waals surface area contributed by atoms with Crippen LogP contribution in [0.15, 0.2) is 47.3 Å². The summed E-state index contributed by atoms with van der Waals surface area (Å²) in [4.78, 5) is 33.8. The third-order valence-corrected chi connectivity index (χ3v) is 7.76. The Morgan fingerprint density at radius 2 is 1.97 bits per heavy atom. The normalized spacial score (nSPS) is 13.0. The molecule has 0 saturated heterocycles. The minimum atomic E-state index is -0.343. The van der Waals surface area contributed by atoms with Crippen molar-refractivity contribution in [1.82, 2.24) is 9.55 Å². The predicted octanol–water partition coefficient (Wildman–Crippen LogP) is 5.61. The molecule has 2 aromatic carbocycles. The fourth-order valence-corrected chi connectivity index (χ4v) is 5.86. The van der Waals surface area contributed by atoms with Crippen molar-refractivity contribution in [3.05, 3.63) is 73.8 Å². The summed E-state index contributed by atoms with van der Waals surface area (Å²) in [5.41, 5.74) is 3.05. The lowest BCUT2D eigenvalue weighted by Gasteiger charge is -2.15. The van der Waals surface area contributed by atoms with Crippen LogP contribution in [-0.4, -0.2) is 22.6 Å². The van der Waals surface area contributed by atoms with Crippen molar-refractivity contribution in [2.75, 3.05) is 12.4 Å². The van der Waals surface area contributed by atoms with Crippen LogP contribution in [0.2, 0.25) is 5.02 Å². The second-order valence-corrected chi connectivity index (χ2v) is 9.92. The molecule has 8 heteroatoms. The molecule has 2 heterocycles. The lowest BCUT2D eigenvalue weighted by molar-refractivity contribution is -0.116. The molecule has 0 unspecified atom stereocenters. The molecular weight excluding hydrogens is 470 g/mol. The highest BCUT2D eigenvalue weighted by Gasteiger charge is 2.23. The SMILES string of the molecule is COc1cc(Cl)c(C)cc1NC(=O)Cn1c(-c2ccccc2)nc2sc3c(c2c1=O)CCCC3. The maximum Gasteiger partial charge on any atom is 0.263 e. The zero-order valence-corrected chi connectivity index (χ0v) is 20.6. The maximum atomic E-state index is 13.8. The molecule has 1 aliphatic rings. The van der Waals surface area contributed by atoms with Crippen LogP contribution < -0.4 is 15.6 Å². The Labute approximate surface area is 206 Å². The summed E-state index contributed by atoms with van der Waals surface area (Å²) in [7, 11) is 1.52. The third-order valence-electron chi connectivity index (χ3n) is 6.16. The van der Waals surface area contributed by atoms with Gasteiger partial charge in [0.05, 0.1) is 18.2 Å². The Bertz CT molecular complexity index is 1460. The first-order valence-electron chi connectivity index (χ1n) is 11.2. The lowest BCUT2D eigenvalue weighted by Crippen LogP contribution is -2.30. The molecule has 0 aliphatic heterocycles. The first-order valence-corrected chi connectivity index (χ1v) is 12.4. The van der Waals surface area contributed by atoms with E-state index in [2.05, 4.69) is 5.32 Å². The number of carbonyl (C=O) groups is 1. The highest BCUT2D eigenvalue weighted by atomic mass is 35.5. The van der Waals surface area contributed by atoms with E-state index in [1.165, 1.54) is 16.6 Å². The Morgan fingerprint density at radius 3 is 2.74 bits per heavy atom. The smallest absolute Gasteiger partial charge is 0.263 e. The number of anilines is 1. The van der Waals surface area contributed by atoms with Crippen LogP contribution in [0.1, 0.15) is 28.8 Å². The first-order chi connectivity index (χ1) is 16.5. The van der Waals surface area contributed by atoms with Crippen molar-refractivity contribution in [3.63, 3.8) is 0 Å². The molecule has 0 radical (unpaired) electrons. The number of aryl methyl sites for hydroxylation is 3. The van der Waals surface area contributed by atoms with Gasteiger partial charge >= 0.3 is 0 Å². The van der Waals surface area contributed by atoms with E-state index < -0.39 is 0 Å². The molecule has 2 aromatic heterocycles. The minimum absolute atomic E-state index is 0.165. The second kappa shape index (κ2) is 9.24. The Kier molecular flexibility index (Phi) is 6.15. The van der Waals surface area contributed by atoms with Crippen molar-refractivity contribution in [1.29, 1.82) is 0 Å². The third kappa shape index (κ3) is 4.10. The van der Waals surface area contributed by atoms with Crippen LogP contribution in [0.4, 0.5) is 5.69 Å². The number of benzene rings is 2. The Hall–Kier alpha value is -3.16. The molecule has 0 spiro atoms. The standard InChI is InChI=1S/C26H24ClN3O3S/c1-15-12-19(20(33-2)13-18(15)27)28-22(31)14-30-24(16-8-4-3-5-9-16)29-25-23(26(30)32)17-10-6-7-11-21(17)34-25/h3-5,8-9,12-13H,6-7,10-11,14H2,1-2H3,(H,28,31). The number of rotatable bonds is 5. The number of fused-ring (bicyclic) bond motifs is 3. The van der Waals surface area contributed by atoms with Gasteiger partial charge in [-0.15, -0.1) is 11.3 Å². The quantitative estimate of drug-likeness (QED) is 0.392. The Morgan fingerprint density at radius 1 is 1.21 bits per heavy atom. The minimum Gasteiger partial charge on any atom is -0.495 e. The summed E-state index contributed by atoms with van der Waals surface area (Å²) < 4.78 is 6.87. The van der Waals surface area contributed by atoms with Crippen molar-refractivity contribution in [2.24, 2.45) is 0 Å². The second-order valence-electron chi connectivity index (χ2n) is 8.43. The predicted molar refractivity (Wildman–Crippen MR) is 137 cm³/mol. The number of aromatic nitrogens is 2. The van der Waals surface area contributed by atoms with Crippen LogP contribution >= 0.6 is 22.9 Å². The van der Waals surface area contributed by atoms with Gasteiger partial charge in [0.2, 0.25) is 5.91 Å². The number of hydrogen-bond donors (Lipinski definition) is 1. The van der Waals surface area contributed by atoms with Crippen LogP contribution in [0, 0.1) is 6.92 Å². The van der Waals surface area contributed by atoms with Gasteiger partial charge in [0.1, 0.15) is 22.9 Å². The summed E-state index contributed by atoms with van der Waals surface area (Å²) in [6.45, 7) is 1.69. The average Bonchev–Trinajstić information content (AvgIpc) is 3.22. The van der Waals surface area contributed by atoms with Crippen molar-refractivity contribution < 1.29 is 9.53 Å². The van der Waals surface area contributed by atoms with Gasteiger partial charge in [-0.05, 0) is 49.8 Å². The van der Waals surface area contributed by atoms with Crippen LogP contribution in [0.25, 0.3) is 21.6 Å². The number of thiophene rings is 1. The monoisotopic (exact) mass is 493 g/mol. The number of amides is 1. The molecule has 0 fully saturated rings. The van der Waals surface area contributed by atoms with Crippen LogP contribution in [0.5, 0.6) is 5.75 Å². The van der Waals surface area contributed by atoms with Gasteiger partial charge in [-0.1, -0.05) is 41.9 Å². The highest BCUT2D eigenvalue weighted by molar-refractivity contribution is 7.18. The van der Waals surface area contributed by atoms with Gasteiger partial charge in [-0.25, -0.2) is 4.98 Å². The van der Waals surface area contributed by atoms with E-state index >= 15 is 0 Å². The fraction of sp³-hybridized carbons (Fsp3) is 0.269. The van der Waals surface area contributed by atoms with Crippen molar-refractivity contribution >= 4 is 44.7 Å². The van der Waals surface area contributed by atoms with Gasteiger partial charge in [0, 0.05) is 21.5 Å². The molecule has 34 heavy (non-hydrogen) atoms. The van der Waals surface area contributed by atoms with E-state index in [1.807, 2.05) is 37.3 Å². The van der Waals surface area contributed by atoms with E-state index in [0.717, 1.165) is 47.2 Å². The molecule has 174 valence electrons. The molecule has 6 nitrogen and oxygen atoms in total. The van der Waals surface area contributed by atoms with E-state index in [9.17, 15) is 9.59 Å². The lowest BCUT2D eigenvalue weighted by atomic mass is 9.97. The number of halogens is 1. The molecule has 1 N–H and O–H groups in total. The van der Waals surface area contributed by atoms with Crippen molar-refractivity contribution in [3.8, 4) is 17.1 Å². The van der Waals surface area contributed by atoms with E-state index in [0.29, 0.717) is 27.7 Å². The number of hydrogen-bond acceptors (Lipinski definition) is 5. The zero-order chi connectivity index (χ0) is 23.8. The number of methoxy groups -OCH3 is 1. The number of nitrogens with zero attached hydrogens (tertiary/aromatic N) is 2. The molecule has 5 rings (SSSR count). The summed E-state index contributed by atoms with van der Waals surface area (Å²) >= 11 is 7.80. The topological polar surface area (TPSA) is 73.2 Å². The van der Waals surface area contributed by atoms with Crippen LogP contribution in [-0.2, 0) is 24.2 Å². The van der Waals surface area contributed by atoms with Crippen molar-refractivity contribution in [2.45, 2.75) is 39.2 Å². The highest BCUT2D eigenvalue weighted by Crippen LogP contribution is 2.35. The largest absolute Gasteiger partial charge is 0.495 e. The summed E-state index contributed by atoms with van der Waals surface area (Å²) in [6, 6.07) is 12.9. The molecule has 4 aromatic rings. The maximum absolute atomic E-state index is 13.8. The van der Waals surface area contributed by atoms with Crippen LogP contribution in [0.3, 0.4) is 0 Å². The van der Waals surface area contributed by atoms with Gasteiger partial charge < -0.3 is 10.1 Å². The van der Waals surface area contributed by atoms with Gasteiger partial charge in [-0.3, -0.25) is 14.2 Å². The van der Waals surface area contributed by atoms with E-state index in [-0.39, 0.29) is 18.0 Å². The number of nitrogens with one attached hydrogen (secondary N) is 1. The number of carbonyl (C=O) groups excluding carboxylic acids is 1. The number of ether oxygens (including phenoxy) is 1. The summed E-state index contributed by atoms with van der Waals surface area (Å²) in [5.74, 6) is 0.607. The molecule has 0 atom stereocenters. The zero-order valence-electron chi connectivity index (χ0n) is 19.0.